The molecule has 0 amide bonds. The Morgan fingerprint density at radius 2 is 1.89 bits per heavy atom. The maximum Gasteiger partial charge on any atom is 0.424 e. The Balaban J connectivity index is 5.16. The van der Waals surface area contributed by atoms with Crippen molar-refractivity contribution in [2.45, 2.75) is 31.8 Å². The Hall–Kier alpha value is -1.31. The van der Waals surface area contributed by atoms with Gasteiger partial charge in [-0.05, 0) is 19.9 Å². The van der Waals surface area contributed by atoms with Gasteiger partial charge in [0, 0.05) is 0 Å². The molecule has 0 aliphatic rings. The summed E-state index contributed by atoms with van der Waals surface area (Å²) < 4.78 is 59.7. The van der Waals surface area contributed by atoms with Crippen LogP contribution in [-0.2, 0) is 14.3 Å². The SMILES string of the molecule is CCOC=CC(O)(C(F)C(=O)OCC)C(F)(F)F. The molecule has 0 aromatic rings. The third kappa shape index (κ3) is 3.86. The maximum atomic E-state index is 13.4. The Kier molecular flexibility index (Phi) is 6.10. The van der Waals surface area contributed by atoms with Gasteiger partial charge in [0.05, 0.1) is 19.5 Å². The van der Waals surface area contributed by atoms with E-state index in [4.69, 9.17) is 0 Å². The predicted octanol–water partition coefficient (Wildman–Crippen LogP) is 1.73. The lowest BCUT2D eigenvalue weighted by Crippen LogP contribution is -2.54. The molecule has 0 saturated carbocycles. The number of halogens is 4. The number of ether oxygens (including phenoxy) is 2. The third-order valence-corrected chi connectivity index (χ3v) is 1.92. The van der Waals surface area contributed by atoms with E-state index in [-0.39, 0.29) is 19.3 Å². The third-order valence-electron chi connectivity index (χ3n) is 1.92. The molecule has 4 nitrogen and oxygen atoms in total. The molecule has 0 heterocycles. The quantitative estimate of drug-likeness (QED) is 0.455. The van der Waals surface area contributed by atoms with E-state index in [0.717, 1.165) is 0 Å². The Morgan fingerprint density at radius 3 is 2.28 bits per heavy atom. The molecule has 0 saturated heterocycles. The van der Waals surface area contributed by atoms with Gasteiger partial charge in [0.2, 0.25) is 11.8 Å². The van der Waals surface area contributed by atoms with Crippen LogP contribution < -0.4 is 0 Å². The van der Waals surface area contributed by atoms with E-state index < -0.39 is 23.9 Å². The highest BCUT2D eigenvalue weighted by Crippen LogP contribution is 2.36. The van der Waals surface area contributed by atoms with Crippen molar-refractivity contribution in [3.8, 4) is 0 Å². The predicted molar refractivity (Wildman–Crippen MR) is 53.3 cm³/mol. The molecule has 1 N–H and O–H groups in total. The summed E-state index contributed by atoms with van der Waals surface area (Å²) in [5.74, 6) is -1.79. The number of carbonyl (C=O) groups is 1. The van der Waals surface area contributed by atoms with E-state index in [0.29, 0.717) is 6.26 Å². The van der Waals surface area contributed by atoms with Crippen LogP contribution in [0.3, 0.4) is 0 Å². The molecule has 0 rings (SSSR count). The monoisotopic (exact) mass is 274 g/mol. The van der Waals surface area contributed by atoms with Gasteiger partial charge in [-0.25, -0.2) is 9.18 Å². The summed E-state index contributed by atoms with van der Waals surface area (Å²) in [5.41, 5.74) is -3.98. The van der Waals surface area contributed by atoms with Gasteiger partial charge in [0.15, 0.2) is 0 Å². The zero-order valence-corrected chi connectivity index (χ0v) is 9.83. The van der Waals surface area contributed by atoms with Crippen LogP contribution in [0, 0.1) is 0 Å². The van der Waals surface area contributed by atoms with Gasteiger partial charge in [-0.2, -0.15) is 13.2 Å². The van der Waals surface area contributed by atoms with Gasteiger partial charge in [-0.15, -0.1) is 0 Å². The number of hydrogen-bond donors (Lipinski definition) is 1. The summed E-state index contributed by atoms with van der Waals surface area (Å²) in [6, 6.07) is 0. The molecule has 2 unspecified atom stereocenters. The molecule has 0 spiro atoms. The normalized spacial score (nSPS) is 17.3. The average Bonchev–Trinajstić information content (AvgIpc) is 2.27. The summed E-state index contributed by atoms with van der Waals surface area (Å²) in [7, 11) is 0. The van der Waals surface area contributed by atoms with E-state index in [2.05, 4.69) is 9.47 Å². The van der Waals surface area contributed by atoms with Crippen LogP contribution in [0.25, 0.3) is 0 Å². The smallest absolute Gasteiger partial charge is 0.424 e. The highest BCUT2D eigenvalue weighted by Gasteiger charge is 2.61. The lowest BCUT2D eigenvalue weighted by molar-refractivity contribution is -0.260. The van der Waals surface area contributed by atoms with Crippen molar-refractivity contribution in [3.05, 3.63) is 12.3 Å². The first-order valence-electron chi connectivity index (χ1n) is 5.09. The lowest BCUT2D eigenvalue weighted by atomic mass is 9.97. The molecule has 0 bridgehead atoms. The van der Waals surface area contributed by atoms with Gasteiger partial charge < -0.3 is 14.6 Å². The minimum atomic E-state index is -5.38. The lowest BCUT2D eigenvalue weighted by Gasteiger charge is -2.28. The number of hydrogen-bond acceptors (Lipinski definition) is 4. The van der Waals surface area contributed by atoms with Crippen molar-refractivity contribution in [2.24, 2.45) is 0 Å². The second-order valence-corrected chi connectivity index (χ2v) is 3.20. The van der Waals surface area contributed by atoms with E-state index >= 15 is 0 Å². The van der Waals surface area contributed by atoms with E-state index in [9.17, 15) is 27.5 Å². The van der Waals surface area contributed by atoms with Crippen LogP contribution in [0.1, 0.15) is 13.8 Å². The molecule has 18 heavy (non-hydrogen) atoms. The number of aliphatic hydroxyl groups is 1. The Labute approximate surface area is 101 Å². The summed E-state index contributed by atoms with van der Waals surface area (Å²) >= 11 is 0. The first kappa shape index (κ1) is 16.7. The van der Waals surface area contributed by atoms with Gasteiger partial charge in [0.1, 0.15) is 0 Å². The topological polar surface area (TPSA) is 55.8 Å². The molecular weight excluding hydrogens is 260 g/mol. The molecule has 0 aromatic carbocycles. The molecule has 0 aliphatic heterocycles. The van der Waals surface area contributed by atoms with Crippen LogP contribution in [0.2, 0.25) is 0 Å². The minimum Gasteiger partial charge on any atom is -0.502 e. The van der Waals surface area contributed by atoms with Crippen molar-refractivity contribution >= 4 is 5.97 Å². The Bertz CT molecular complexity index is 303. The van der Waals surface area contributed by atoms with Crippen molar-refractivity contribution < 1.29 is 36.9 Å². The fourth-order valence-corrected chi connectivity index (χ4v) is 0.966. The highest BCUT2D eigenvalue weighted by atomic mass is 19.4. The second-order valence-electron chi connectivity index (χ2n) is 3.20. The first-order valence-corrected chi connectivity index (χ1v) is 5.09. The van der Waals surface area contributed by atoms with Crippen LogP contribution in [0.5, 0.6) is 0 Å². The van der Waals surface area contributed by atoms with Crippen molar-refractivity contribution in [1.82, 2.24) is 0 Å². The van der Waals surface area contributed by atoms with Gasteiger partial charge in [-0.1, -0.05) is 0 Å². The largest absolute Gasteiger partial charge is 0.502 e. The second kappa shape index (κ2) is 6.58. The van der Waals surface area contributed by atoms with Gasteiger partial charge >= 0.3 is 12.1 Å². The Morgan fingerprint density at radius 1 is 1.33 bits per heavy atom. The molecular formula is C10H14F4O4. The molecule has 106 valence electrons. The van der Waals surface area contributed by atoms with Crippen molar-refractivity contribution in [1.29, 1.82) is 0 Å². The fourth-order valence-electron chi connectivity index (χ4n) is 0.966. The van der Waals surface area contributed by atoms with Crippen LogP contribution in [0.15, 0.2) is 12.3 Å². The average molecular weight is 274 g/mol. The highest BCUT2D eigenvalue weighted by molar-refractivity contribution is 5.76. The van der Waals surface area contributed by atoms with Crippen LogP contribution >= 0.6 is 0 Å². The molecule has 0 radical (unpaired) electrons. The zero-order valence-electron chi connectivity index (χ0n) is 9.83. The van der Waals surface area contributed by atoms with Gasteiger partial charge in [-0.3, -0.25) is 0 Å². The van der Waals surface area contributed by atoms with Crippen molar-refractivity contribution in [3.63, 3.8) is 0 Å². The van der Waals surface area contributed by atoms with Crippen LogP contribution in [0.4, 0.5) is 17.6 Å². The summed E-state index contributed by atoms with van der Waals surface area (Å²) in [5, 5.41) is 9.27. The number of alkyl halides is 4. The van der Waals surface area contributed by atoms with E-state index in [1.165, 1.54) is 13.8 Å². The molecule has 2 atom stereocenters. The number of esters is 1. The fraction of sp³-hybridized carbons (Fsp3) is 0.700. The standard InChI is InChI=1S/C10H14F4O4/c1-3-17-6-5-9(16,10(12,13)14)7(11)8(15)18-4-2/h5-7,16H,3-4H2,1-2H3. The minimum absolute atomic E-state index is 0.0286. The summed E-state index contributed by atoms with van der Waals surface area (Å²) in [6.07, 6.45) is -8.14. The maximum absolute atomic E-state index is 13.4. The van der Waals surface area contributed by atoms with E-state index in [1.54, 1.807) is 0 Å². The number of rotatable bonds is 6. The summed E-state index contributed by atoms with van der Waals surface area (Å²) in [6.45, 7) is 2.51. The number of carbonyl (C=O) groups excluding carboxylic acids is 1. The summed E-state index contributed by atoms with van der Waals surface area (Å²) in [4.78, 5) is 10.9. The first-order chi connectivity index (χ1) is 8.20. The zero-order chi connectivity index (χ0) is 14.4. The molecule has 8 heteroatoms. The van der Waals surface area contributed by atoms with Gasteiger partial charge in [0.25, 0.3) is 0 Å². The van der Waals surface area contributed by atoms with Crippen molar-refractivity contribution in [2.75, 3.05) is 13.2 Å². The molecule has 0 aromatic heterocycles. The van der Waals surface area contributed by atoms with E-state index in [1.807, 2.05) is 0 Å². The van der Waals surface area contributed by atoms with Crippen LogP contribution in [-0.4, -0.2) is 42.2 Å². The molecule has 0 aliphatic carbocycles. The molecule has 0 fully saturated rings.